The number of ether oxygens (including phenoxy) is 1. The minimum absolute atomic E-state index is 0.0390. The number of amides is 1. The molecule has 0 aliphatic heterocycles. The van der Waals surface area contributed by atoms with Crippen LogP contribution in [0.25, 0.3) is 22.2 Å². The average molecular weight is 486 g/mol. The molecule has 2 aromatic carbocycles. The highest BCUT2D eigenvalue weighted by Crippen LogP contribution is 2.41. The molecule has 3 rings (SSSR count). The van der Waals surface area contributed by atoms with Crippen molar-refractivity contribution < 1.29 is 41.0 Å². The first-order chi connectivity index (χ1) is 15.9. The van der Waals surface area contributed by atoms with Crippen LogP contribution in [0.1, 0.15) is 34.8 Å². The molecule has 0 bridgehead atoms. The van der Waals surface area contributed by atoms with Crippen molar-refractivity contribution in [2.24, 2.45) is 0 Å². The summed E-state index contributed by atoms with van der Waals surface area (Å²) in [4.78, 5) is 16.7. The molecule has 0 saturated heterocycles. The molecule has 2 N–H and O–H groups in total. The summed E-state index contributed by atoms with van der Waals surface area (Å²) in [6.45, 7) is 1.49. The van der Waals surface area contributed by atoms with Gasteiger partial charge in [0, 0.05) is 22.6 Å². The van der Waals surface area contributed by atoms with E-state index in [1.165, 1.54) is 31.4 Å². The lowest BCUT2D eigenvalue weighted by atomic mass is 9.99. The van der Waals surface area contributed by atoms with Crippen LogP contribution < -0.4 is 10.1 Å². The quantitative estimate of drug-likeness (QED) is 0.455. The van der Waals surface area contributed by atoms with E-state index in [0.717, 1.165) is 0 Å². The zero-order valence-electron chi connectivity index (χ0n) is 18.0. The molecule has 1 aromatic heterocycles. The molecule has 182 valence electrons. The van der Waals surface area contributed by atoms with Crippen molar-refractivity contribution in [3.05, 3.63) is 59.2 Å². The van der Waals surface area contributed by atoms with E-state index in [-0.39, 0.29) is 35.2 Å². The molecule has 0 aliphatic rings. The monoisotopic (exact) mass is 486 g/mol. The summed E-state index contributed by atoms with van der Waals surface area (Å²) in [5.74, 6) is -0.402. The molecule has 0 spiro atoms. The van der Waals surface area contributed by atoms with Gasteiger partial charge in [0.1, 0.15) is 5.75 Å². The van der Waals surface area contributed by atoms with Gasteiger partial charge in [-0.15, -0.1) is 0 Å². The van der Waals surface area contributed by atoms with Crippen LogP contribution in [-0.4, -0.2) is 35.8 Å². The highest BCUT2D eigenvalue weighted by molar-refractivity contribution is 5.99. The van der Waals surface area contributed by atoms with E-state index in [0.29, 0.717) is 23.9 Å². The number of rotatable bonds is 6. The van der Waals surface area contributed by atoms with E-state index in [1.54, 1.807) is 6.92 Å². The van der Waals surface area contributed by atoms with E-state index < -0.39 is 41.0 Å². The Hall–Kier alpha value is -3.34. The highest BCUT2D eigenvalue weighted by Gasteiger charge is 2.38. The predicted molar refractivity (Wildman–Crippen MR) is 112 cm³/mol. The van der Waals surface area contributed by atoms with Gasteiger partial charge in [0.25, 0.3) is 5.91 Å². The summed E-state index contributed by atoms with van der Waals surface area (Å²) in [7, 11) is 1.28. The Kier molecular flexibility index (Phi) is 7.06. The lowest BCUT2D eigenvalue weighted by Gasteiger charge is -2.17. The average Bonchev–Trinajstić information content (AvgIpc) is 2.79. The number of methoxy groups -OCH3 is 1. The summed E-state index contributed by atoms with van der Waals surface area (Å²) in [5.41, 5.74) is -3.54. The maximum Gasteiger partial charge on any atom is 0.417 e. The molecule has 1 heterocycles. The molecular weight excluding hydrogens is 466 g/mol. The predicted octanol–water partition coefficient (Wildman–Crippen LogP) is 5.45. The molecule has 5 nitrogen and oxygen atoms in total. The van der Waals surface area contributed by atoms with Crippen molar-refractivity contribution in [1.82, 2.24) is 10.3 Å². The van der Waals surface area contributed by atoms with Gasteiger partial charge in [-0.3, -0.25) is 4.79 Å². The van der Waals surface area contributed by atoms with Crippen LogP contribution in [0.2, 0.25) is 0 Å². The van der Waals surface area contributed by atoms with Gasteiger partial charge in [-0.05, 0) is 36.8 Å². The number of pyridine rings is 1. The van der Waals surface area contributed by atoms with Crippen LogP contribution in [0.3, 0.4) is 0 Å². The standard InChI is InChI=1S/C23H20F6N2O3/c1-3-14(11-32)30-21(33)12-4-6-16-18(8-12)31-19(10-20(16)34-2)15-7-5-13(22(24,25)26)9-17(15)23(27,28)29/h4-10,14,32H,3,11H2,1-2H3,(H,30,33)/t14-/m1/s1. The van der Waals surface area contributed by atoms with E-state index in [1.807, 2.05) is 0 Å². The summed E-state index contributed by atoms with van der Waals surface area (Å²) >= 11 is 0. The summed E-state index contributed by atoms with van der Waals surface area (Å²) in [6, 6.07) is 6.30. The number of aliphatic hydroxyl groups is 1. The Morgan fingerprint density at radius 1 is 1.06 bits per heavy atom. The zero-order valence-corrected chi connectivity index (χ0v) is 18.0. The molecule has 0 aliphatic carbocycles. The Balaban J connectivity index is 2.17. The molecule has 34 heavy (non-hydrogen) atoms. The number of fused-ring (bicyclic) bond motifs is 1. The van der Waals surface area contributed by atoms with Gasteiger partial charge < -0.3 is 15.2 Å². The fourth-order valence-corrected chi connectivity index (χ4v) is 3.37. The number of nitrogens with zero attached hydrogens (tertiary/aromatic N) is 1. The van der Waals surface area contributed by atoms with E-state index in [9.17, 15) is 36.2 Å². The zero-order chi connectivity index (χ0) is 25.3. The van der Waals surface area contributed by atoms with Crippen LogP contribution in [0, 0.1) is 0 Å². The largest absolute Gasteiger partial charge is 0.496 e. The molecule has 1 amide bonds. The number of nitrogens with one attached hydrogen (secondary N) is 1. The highest BCUT2D eigenvalue weighted by atomic mass is 19.4. The van der Waals surface area contributed by atoms with Crippen LogP contribution in [0.15, 0.2) is 42.5 Å². The normalized spacial score (nSPS) is 13.1. The maximum atomic E-state index is 13.7. The number of halogens is 6. The van der Waals surface area contributed by atoms with Gasteiger partial charge in [0.05, 0.1) is 42.1 Å². The number of aromatic nitrogens is 1. The molecule has 0 unspecified atom stereocenters. The molecule has 0 fully saturated rings. The van der Waals surface area contributed by atoms with Gasteiger partial charge >= 0.3 is 12.4 Å². The summed E-state index contributed by atoms with van der Waals surface area (Å²) < 4.78 is 85.3. The minimum atomic E-state index is -5.08. The third-order valence-corrected chi connectivity index (χ3v) is 5.23. The molecule has 1 atom stereocenters. The van der Waals surface area contributed by atoms with Crippen molar-refractivity contribution in [2.45, 2.75) is 31.7 Å². The Labute approximate surface area is 190 Å². The molecule has 11 heteroatoms. The smallest absolute Gasteiger partial charge is 0.417 e. The number of hydrogen-bond acceptors (Lipinski definition) is 4. The summed E-state index contributed by atoms with van der Waals surface area (Å²) in [5, 5.41) is 12.3. The maximum absolute atomic E-state index is 13.7. The van der Waals surface area contributed by atoms with Crippen molar-refractivity contribution in [1.29, 1.82) is 0 Å². The summed E-state index contributed by atoms with van der Waals surface area (Å²) in [6.07, 6.45) is -9.57. The SMILES string of the molecule is CC[C@H](CO)NC(=O)c1ccc2c(OC)cc(-c3ccc(C(F)(F)F)cc3C(F)(F)F)nc2c1. The van der Waals surface area contributed by atoms with Crippen LogP contribution in [-0.2, 0) is 12.4 Å². The molecule has 3 aromatic rings. The van der Waals surface area contributed by atoms with Crippen LogP contribution in [0.5, 0.6) is 5.75 Å². The Morgan fingerprint density at radius 3 is 2.32 bits per heavy atom. The second-order valence-electron chi connectivity index (χ2n) is 7.46. The fraction of sp³-hybridized carbons (Fsp3) is 0.304. The first-order valence-electron chi connectivity index (χ1n) is 10.1. The first kappa shape index (κ1) is 25.3. The number of benzene rings is 2. The third-order valence-electron chi connectivity index (χ3n) is 5.23. The Bertz CT molecular complexity index is 1200. The van der Waals surface area contributed by atoms with Crippen molar-refractivity contribution in [2.75, 3.05) is 13.7 Å². The number of hydrogen-bond donors (Lipinski definition) is 2. The van der Waals surface area contributed by atoms with Crippen LogP contribution in [0.4, 0.5) is 26.3 Å². The second kappa shape index (κ2) is 9.49. The van der Waals surface area contributed by atoms with Crippen molar-refractivity contribution in [3.8, 4) is 17.0 Å². The Morgan fingerprint density at radius 2 is 1.76 bits per heavy atom. The lowest BCUT2D eigenvalue weighted by molar-refractivity contribution is -0.142. The fourth-order valence-electron chi connectivity index (χ4n) is 3.37. The van der Waals surface area contributed by atoms with Gasteiger partial charge in [-0.1, -0.05) is 13.0 Å². The van der Waals surface area contributed by atoms with Crippen molar-refractivity contribution >= 4 is 16.8 Å². The number of aliphatic hydroxyl groups excluding tert-OH is 1. The van der Waals surface area contributed by atoms with E-state index >= 15 is 0 Å². The molecular formula is C23H20F6N2O3. The second-order valence-corrected chi connectivity index (χ2v) is 7.46. The van der Waals surface area contributed by atoms with E-state index in [2.05, 4.69) is 10.3 Å². The van der Waals surface area contributed by atoms with Crippen molar-refractivity contribution in [3.63, 3.8) is 0 Å². The number of alkyl halides is 6. The van der Waals surface area contributed by atoms with Gasteiger partial charge in [0.2, 0.25) is 0 Å². The van der Waals surface area contributed by atoms with E-state index in [4.69, 9.17) is 4.74 Å². The van der Waals surface area contributed by atoms with Gasteiger partial charge in [-0.2, -0.15) is 26.3 Å². The minimum Gasteiger partial charge on any atom is -0.496 e. The number of carbonyl (C=O) groups is 1. The number of carbonyl (C=O) groups excluding carboxylic acids is 1. The topological polar surface area (TPSA) is 71.5 Å². The van der Waals surface area contributed by atoms with Crippen LogP contribution >= 0.6 is 0 Å². The molecule has 0 saturated carbocycles. The lowest BCUT2D eigenvalue weighted by Crippen LogP contribution is -2.36. The molecule has 0 radical (unpaired) electrons. The van der Waals surface area contributed by atoms with Gasteiger partial charge in [-0.25, -0.2) is 4.98 Å². The third kappa shape index (κ3) is 5.24. The van der Waals surface area contributed by atoms with Gasteiger partial charge in [0.15, 0.2) is 0 Å². The first-order valence-corrected chi connectivity index (χ1v) is 10.1.